The zero-order chi connectivity index (χ0) is 8.55. The zero-order valence-corrected chi connectivity index (χ0v) is 6.21. The molecule has 12 heavy (non-hydrogen) atoms. The molecule has 0 aliphatic carbocycles. The fourth-order valence-corrected chi connectivity index (χ4v) is 1.08. The van der Waals surface area contributed by atoms with Crippen LogP contribution in [0.4, 0.5) is 4.39 Å². The number of fused-ring (bicyclic) bond motifs is 1. The van der Waals surface area contributed by atoms with Gasteiger partial charge in [0.2, 0.25) is 5.75 Å². The monoisotopic (exact) mass is 170 g/mol. The Morgan fingerprint density at radius 1 is 1.25 bits per heavy atom. The summed E-state index contributed by atoms with van der Waals surface area (Å²) >= 11 is 0. The van der Waals surface area contributed by atoms with E-state index in [-0.39, 0.29) is 5.75 Å². The van der Waals surface area contributed by atoms with E-state index in [4.69, 9.17) is 14.6 Å². The second kappa shape index (κ2) is 2.55. The molecule has 0 fully saturated rings. The molecule has 1 heterocycles. The number of rotatable bonds is 0. The van der Waals surface area contributed by atoms with Gasteiger partial charge in [0.15, 0.2) is 17.3 Å². The second-order valence-electron chi connectivity index (χ2n) is 2.42. The van der Waals surface area contributed by atoms with Gasteiger partial charge < -0.3 is 14.6 Å². The summed E-state index contributed by atoms with van der Waals surface area (Å²) in [6.07, 6.45) is 0. The molecule has 1 aromatic rings. The molecule has 1 aliphatic rings. The predicted molar refractivity (Wildman–Crippen MR) is 39.1 cm³/mol. The Morgan fingerprint density at radius 3 is 2.83 bits per heavy atom. The number of aromatic hydroxyl groups is 1. The number of phenols is 1. The van der Waals surface area contributed by atoms with Crippen molar-refractivity contribution in [1.82, 2.24) is 0 Å². The lowest BCUT2D eigenvalue weighted by Crippen LogP contribution is -2.15. The molecule has 0 atom stereocenters. The molecule has 64 valence electrons. The largest absolute Gasteiger partial charge is 0.502 e. The van der Waals surface area contributed by atoms with Gasteiger partial charge >= 0.3 is 0 Å². The molecule has 2 rings (SSSR count). The minimum absolute atomic E-state index is 0.0984. The van der Waals surface area contributed by atoms with Crippen LogP contribution in [0, 0.1) is 5.82 Å². The SMILES string of the molecule is Oc1c(F)ccc2c1OCCO2. The third kappa shape index (κ3) is 0.958. The summed E-state index contributed by atoms with van der Waals surface area (Å²) in [6.45, 7) is 0.766. The van der Waals surface area contributed by atoms with Crippen LogP contribution < -0.4 is 9.47 Å². The first kappa shape index (κ1) is 7.21. The number of hydrogen-bond donors (Lipinski definition) is 1. The normalized spacial score (nSPS) is 14.4. The Kier molecular flexibility index (Phi) is 1.53. The molecule has 3 nitrogen and oxygen atoms in total. The second-order valence-corrected chi connectivity index (χ2v) is 2.42. The van der Waals surface area contributed by atoms with E-state index in [1.54, 1.807) is 0 Å². The highest BCUT2D eigenvalue weighted by Crippen LogP contribution is 2.39. The maximum atomic E-state index is 12.7. The van der Waals surface area contributed by atoms with Crippen LogP contribution in [0.1, 0.15) is 0 Å². The van der Waals surface area contributed by atoms with Crippen LogP contribution in [-0.4, -0.2) is 18.3 Å². The summed E-state index contributed by atoms with van der Waals surface area (Å²) in [7, 11) is 0. The van der Waals surface area contributed by atoms with E-state index < -0.39 is 11.6 Å². The van der Waals surface area contributed by atoms with Gasteiger partial charge in [0.25, 0.3) is 0 Å². The number of halogens is 1. The van der Waals surface area contributed by atoms with Crippen molar-refractivity contribution < 1.29 is 19.0 Å². The van der Waals surface area contributed by atoms with Crippen molar-refractivity contribution in [2.24, 2.45) is 0 Å². The molecule has 0 saturated heterocycles. The van der Waals surface area contributed by atoms with Crippen LogP contribution in [0.25, 0.3) is 0 Å². The van der Waals surface area contributed by atoms with Crippen LogP contribution in [0.5, 0.6) is 17.2 Å². The van der Waals surface area contributed by atoms with Crippen molar-refractivity contribution in [3.05, 3.63) is 17.9 Å². The lowest BCUT2D eigenvalue weighted by atomic mass is 10.2. The summed E-state index contributed by atoms with van der Waals surface area (Å²) in [5.41, 5.74) is 0. The molecule has 1 N–H and O–H groups in total. The molecule has 1 aromatic carbocycles. The van der Waals surface area contributed by atoms with Gasteiger partial charge in [-0.3, -0.25) is 0 Å². The molecule has 0 aromatic heterocycles. The smallest absolute Gasteiger partial charge is 0.206 e. The molecule has 1 aliphatic heterocycles. The Bertz CT molecular complexity index is 311. The summed E-state index contributed by atoms with van der Waals surface area (Å²) < 4.78 is 22.8. The van der Waals surface area contributed by atoms with Crippen LogP contribution in [-0.2, 0) is 0 Å². The van der Waals surface area contributed by atoms with Crippen LogP contribution in [0.3, 0.4) is 0 Å². The molecular weight excluding hydrogens is 163 g/mol. The third-order valence-corrected chi connectivity index (χ3v) is 1.63. The Balaban J connectivity index is 2.54. The molecule has 0 radical (unpaired) electrons. The zero-order valence-electron chi connectivity index (χ0n) is 6.21. The molecule has 0 bridgehead atoms. The topological polar surface area (TPSA) is 38.7 Å². The van der Waals surface area contributed by atoms with Gasteiger partial charge in [0.05, 0.1) is 0 Å². The lowest BCUT2D eigenvalue weighted by molar-refractivity contribution is 0.164. The van der Waals surface area contributed by atoms with Crippen molar-refractivity contribution in [3.8, 4) is 17.2 Å². The number of hydrogen-bond acceptors (Lipinski definition) is 3. The molecular formula is C8H7FO3. The minimum atomic E-state index is -0.695. The molecule has 0 amide bonds. The average molecular weight is 170 g/mol. The summed E-state index contributed by atoms with van der Waals surface area (Å²) in [5.74, 6) is -0.687. The summed E-state index contributed by atoms with van der Waals surface area (Å²) in [5, 5.41) is 9.16. The number of ether oxygens (including phenoxy) is 2. The van der Waals surface area contributed by atoms with Gasteiger partial charge in [-0.25, -0.2) is 4.39 Å². The number of benzene rings is 1. The quantitative estimate of drug-likeness (QED) is 0.637. The first-order chi connectivity index (χ1) is 5.79. The first-order valence-corrected chi connectivity index (χ1v) is 3.56. The van der Waals surface area contributed by atoms with Gasteiger partial charge in [0, 0.05) is 0 Å². The van der Waals surface area contributed by atoms with Crippen LogP contribution in [0.2, 0.25) is 0 Å². The lowest BCUT2D eigenvalue weighted by Gasteiger charge is -2.18. The van der Waals surface area contributed by atoms with Gasteiger partial charge in [-0.15, -0.1) is 0 Å². The highest BCUT2D eigenvalue weighted by Gasteiger charge is 2.18. The van der Waals surface area contributed by atoms with E-state index in [0.717, 1.165) is 6.07 Å². The molecule has 0 unspecified atom stereocenters. The Hall–Kier alpha value is -1.45. The van der Waals surface area contributed by atoms with Crippen molar-refractivity contribution in [2.45, 2.75) is 0 Å². The highest BCUT2D eigenvalue weighted by atomic mass is 19.1. The van der Waals surface area contributed by atoms with Gasteiger partial charge in [-0.1, -0.05) is 0 Å². The highest BCUT2D eigenvalue weighted by molar-refractivity contribution is 5.51. The van der Waals surface area contributed by atoms with Crippen molar-refractivity contribution in [1.29, 1.82) is 0 Å². The fraction of sp³-hybridized carbons (Fsp3) is 0.250. The van der Waals surface area contributed by atoms with Crippen LogP contribution in [0.15, 0.2) is 12.1 Å². The van der Waals surface area contributed by atoms with E-state index in [2.05, 4.69) is 0 Å². The Labute approximate surface area is 68.3 Å². The van der Waals surface area contributed by atoms with E-state index in [1.165, 1.54) is 6.07 Å². The molecule has 0 spiro atoms. The van der Waals surface area contributed by atoms with Gasteiger partial charge in [-0.2, -0.15) is 0 Å². The summed E-state index contributed by atoms with van der Waals surface area (Å²) in [6, 6.07) is 2.58. The minimum Gasteiger partial charge on any atom is -0.502 e. The third-order valence-electron chi connectivity index (χ3n) is 1.63. The van der Waals surface area contributed by atoms with E-state index in [9.17, 15) is 4.39 Å². The Morgan fingerprint density at radius 2 is 2.00 bits per heavy atom. The van der Waals surface area contributed by atoms with E-state index in [0.29, 0.717) is 19.0 Å². The maximum Gasteiger partial charge on any atom is 0.206 e. The van der Waals surface area contributed by atoms with Crippen molar-refractivity contribution in [3.63, 3.8) is 0 Å². The molecule has 0 saturated carbocycles. The predicted octanol–water partition coefficient (Wildman–Crippen LogP) is 1.30. The first-order valence-electron chi connectivity index (χ1n) is 3.56. The van der Waals surface area contributed by atoms with E-state index in [1.807, 2.05) is 0 Å². The van der Waals surface area contributed by atoms with Crippen molar-refractivity contribution >= 4 is 0 Å². The standard InChI is InChI=1S/C8H7FO3/c9-5-1-2-6-8(7(5)10)12-4-3-11-6/h1-2,10H,3-4H2. The van der Waals surface area contributed by atoms with E-state index >= 15 is 0 Å². The van der Waals surface area contributed by atoms with Crippen molar-refractivity contribution in [2.75, 3.05) is 13.2 Å². The average Bonchev–Trinajstić information content (AvgIpc) is 2.12. The van der Waals surface area contributed by atoms with Gasteiger partial charge in [-0.05, 0) is 12.1 Å². The van der Waals surface area contributed by atoms with Crippen LogP contribution >= 0.6 is 0 Å². The fourth-order valence-electron chi connectivity index (χ4n) is 1.08. The molecule has 4 heteroatoms. The maximum absolute atomic E-state index is 12.7. The van der Waals surface area contributed by atoms with Gasteiger partial charge in [0.1, 0.15) is 13.2 Å². The summed E-state index contributed by atoms with van der Waals surface area (Å²) in [4.78, 5) is 0. The number of phenolic OH excluding ortho intramolecular Hbond substituents is 1.